The minimum absolute atomic E-state index is 0. The zero-order valence-corrected chi connectivity index (χ0v) is 8.62. The van der Waals surface area contributed by atoms with Gasteiger partial charge in [-0.15, -0.1) is 0 Å². The van der Waals surface area contributed by atoms with Crippen molar-refractivity contribution in [3.05, 3.63) is 48.5 Å². The van der Waals surface area contributed by atoms with Crippen molar-refractivity contribution >= 4 is 0 Å². The molecule has 1 aliphatic carbocycles. The standard InChI is InChI=1S/C12H8.C2H6.CH4/c1-2-6-10-9(5-1)11-7-3-4-8-12(10)11;1-2;/h1-8H;1-2H3;1H4. The van der Waals surface area contributed by atoms with E-state index in [1.54, 1.807) is 0 Å². The molecule has 0 unspecified atom stereocenters. The lowest BCUT2D eigenvalue weighted by atomic mass is 9.81. The van der Waals surface area contributed by atoms with Gasteiger partial charge >= 0.3 is 0 Å². The van der Waals surface area contributed by atoms with E-state index in [1.807, 2.05) is 13.8 Å². The van der Waals surface area contributed by atoms with Gasteiger partial charge in [-0.1, -0.05) is 69.8 Å². The van der Waals surface area contributed by atoms with E-state index in [9.17, 15) is 0 Å². The minimum Gasteiger partial charge on any atom is -0.0776 e. The van der Waals surface area contributed by atoms with Crippen LogP contribution in [0.3, 0.4) is 0 Å². The number of hydrogen-bond acceptors (Lipinski definition) is 0. The highest BCUT2D eigenvalue weighted by Gasteiger charge is 2.19. The Morgan fingerprint density at radius 2 is 0.733 bits per heavy atom. The molecule has 2 aromatic rings. The highest BCUT2D eigenvalue weighted by molar-refractivity contribution is 6.01. The van der Waals surface area contributed by atoms with E-state index < -0.39 is 0 Å². The monoisotopic (exact) mass is 198 g/mol. The van der Waals surface area contributed by atoms with Gasteiger partial charge in [0.2, 0.25) is 0 Å². The normalized spacial score (nSPS) is 9.47. The van der Waals surface area contributed by atoms with Crippen LogP contribution in [-0.2, 0) is 0 Å². The lowest BCUT2D eigenvalue weighted by Crippen LogP contribution is -1.96. The molecule has 0 nitrogen and oxygen atoms in total. The zero-order valence-electron chi connectivity index (χ0n) is 8.62. The average Bonchev–Trinajstić information content (AvgIpc) is 2.29. The Hall–Kier alpha value is -1.56. The Morgan fingerprint density at radius 1 is 0.533 bits per heavy atom. The van der Waals surface area contributed by atoms with Crippen molar-refractivity contribution in [2.24, 2.45) is 0 Å². The van der Waals surface area contributed by atoms with Crippen molar-refractivity contribution < 1.29 is 0 Å². The molecule has 0 saturated carbocycles. The van der Waals surface area contributed by atoms with Crippen molar-refractivity contribution in [3.63, 3.8) is 0 Å². The van der Waals surface area contributed by atoms with E-state index in [4.69, 9.17) is 0 Å². The fourth-order valence-corrected chi connectivity index (χ4v) is 1.84. The van der Waals surface area contributed by atoms with E-state index >= 15 is 0 Å². The second kappa shape index (κ2) is 4.79. The molecule has 1 aliphatic rings. The Balaban J connectivity index is 0.000000356. The molecule has 0 saturated heterocycles. The van der Waals surface area contributed by atoms with Crippen molar-refractivity contribution in [1.29, 1.82) is 0 Å². The summed E-state index contributed by atoms with van der Waals surface area (Å²) < 4.78 is 0. The molecule has 78 valence electrons. The lowest BCUT2D eigenvalue weighted by molar-refractivity contribution is 1.50. The fourth-order valence-electron chi connectivity index (χ4n) is 1.84. The molecule has 0 bridgehead atoms. The van der Waals surface area contributed by atoms with Crippen molar-refractivity contribution in [1.82, 2.24) is 0 Å². The largest absolute Gasteiger partial charge is 0.0776 e. The number of benzene rings is 2. The van der Waals surface area contributed by atoms with Crippen LogP contribution in [0.25, 0.3) is 22.3 Å². The van der Waals surface area contributed by atoms with E-state index in [-0.39, 0.29) is 7.43 Å². The number of rotatable bonds is 0. The maximum atomic E-state index is 2.18. The van der Waals surface area contributed by atoms with E-state index in [1.165, 1.54) is 22.3 Å². The number of hydrogen-bond donors (Lipinski definition) is 0. The fraction of sp³-hybridized carbons (Fsp3) is 0.200. The van der Waals surface area contributed by atoms with Crippen LogP contribution in [0, 0.1) is 0 Å². The molecule has 0 amide bonds. The van der Waals surface area contributed by atoms with E-state index in [0.29, 0.717) is 0 Å². The maximum Gasteiger partial charge on any atom is -0.00990 e. The Morgan fingerprint density at radius 3 is 0.933 bits per heavy atom. The molecule has 0 aromatic heterocycles. The summed E-state index contributed by atoms with van der Waals surface area (Å²) in [4.78, 5) is 0. The average molecular weight is 198 g/mol. The molecule has 0 fully saturated rings. The van der Waals surface area contributed by atoms with Crippen LogP contribution >= 0.6 is 0 Å². The first-order valence-corrected chi connectivity index (χ1v) is 5.15. The molecule has 0 heteroatoms. The minimum atomic E-state index is 0. The molecule has 0 atom stereocenters. The van der Waals surface area contributed by atoms with E-state index in [2.05, 4.69) is 48.5 Å². The molecule has 0 heterocycles. The van der Waals surface area contributed by atoms with Gasteiger partial charge in [0.25, 0.3) is 0 Å². The summed E-state index contributed by atoms with van der Waals surface area (Å²) in [5, 5.41) is 0. The molecule has 2 aromatic carbocycles. The Labute approximate surface area is 92.6 Å². The van der Waals surface area contributed by atoms with Gasteiger partial charge in [-0.05, 0) is 22.3 Å². The summed E-state index contributed by atoms with van der Waals surface area (Å²) in [6, 6.07) is 17.1. The summed E-state index contributed by atoms with van der Waals surface area (Å²) in [5.74, 6) is 0. The molecule has 15 heavy (non-hydrogen) atoms. The highest BCUT2D eigenvalue weighted by atomic mass is 14.2. The number of fused-ring (bicyclic) bond motifs is 4. The first-order valence-electron chi connectivity index (χ1n) is 5.15. The van der Waals surface area contributed by atoms with E-state index in [0.717, 1.165) is 0 Å². The van der Waals surface area contributed by atoms with Gasteiger partial charge in [-0.2, -0.15) is 0 Å². The van der Waals surface area contributed by atoms with Crippen molar-refractivity contribution in [2.75, 3.05) is 0 Å². The van der Waals surface area contributed by atoms with Crippen LogP contribution in [-0.4, -0.2) is 0 Å². The second-order valence-corrected chi connectivity index (χ2v) is 3.09. The van der Waals surface area contributed by atoms with Gasteiger partial charge in [0.15, 0.2) is 0 Å². The third-order valence-electron chi connectivity index (χ3n) is 2.43. The SMILES string of the molecule is C.CC.c1ccc2c(c1)-c1ccccc1-2. The van der Waals surface area contributed by atoms with Gasteiger partial charge in [0, 0.05) is 0 Å². The Kier molecular flexibility index (Phi) is 3.68. The van der Waals surface area contributed by atoms with Crippen LogP contribution in [0.1, 0.15) is 21.3 Å². The van der Waals surface area contributed by atoms with Crippen LogP contribution < -0.4 is 0 Å². The van der Waals surface area contributed by atoms with Gasteiger partial charge in [0.05, 0.1) is 0 Å². The first kappa shape index (κ1) is 11.5. The summed E-state index contributed by atoms with van der Waals surface area (Å²) in [6.45, 7) is 4.00. The molecule has 0 N–H and O–H groups in total. The Bertz CT molecular complexity index is 341. The van der Waals surface area contributed by atoms with Gasteiger partial charge < -0.3 is 0 Å². The van der Waals surface area contributed by atoms with Gasteiger partial charge in [0.1, 0.15) is 0 Å². The molecular formula is C15H18. The smallest absolute Gasteiger partial charge is 0.00990 e. The summed E-state index contributed by atoms with van der Waals surface area (Å²) in [5.41, 5.74) is 5.59. The maximum absolute atomic E-state index is 2.18. The molecule has 3 rings (SSSR count). The van der Waals surface area contributed by atoms with Gasteiger partial charge in [-0.3, -0.25) is 0 Å². The molecule has 0 aliphatic heterocycles. The summed E-state index contributed by atoms with van der Waals surface area (Å²) >= 11 is 0. The lowest BCUT2D eigenvalue weighted by Gasteiger charge is -2.22. The predicted octanol–water partition coefficient (Wildman–Crippen LogP) is 5.00. The van der Waals surface area contributed by atoms with Crippen molar-refractivity contribution in [2.45, 2.75) is 21.3 Å². The highest BCUT2D eigenvalue weighted by Crippen LogP contribution is 2.46. The van der Waals surface area contributed by atoms with Gasteiger partial charge in [-0.25, -0.2) is 0 Å². The molecule has 0 radical (unpaired) electrons. The summed E-state index contributed by atoms with van der Waals surface area (Å²) in [7, 11) is 0. The second-order valence-electron chi connectivity index (χ2n) is 3.09. The van der Waals surface area contributed by atoms with Crippen molar-refractivity contribution in [3.8, 4) is 22.3 Å². The predicted molar refractivity (Wildman–Crippen MR) is 69.0 cm³/mol. The summed E-state index contributed by atoms with van der Waals surface area (Å²) in [6.07, 6.45) is 0. The molecule has 0 spiro atoms. The third kappa shape index (κ3) is 1.68. The van der Waals surface area contributed by atoms with Crippen LogP contribution in [0.15, 0.2) is 48.5 Å². The first-order chi connectivity index (χ1) is 6.97. The third-order valence-corrected chi connectivity index (χ3v) is 2.43. The van der Waals surface area contributed by atoms with Crippen LogP contribution in [0.5, 0.6) is 0 Å². The van der Waals surface area contributed by atoms with Crippen LogP contribution in [0.4, 0.5) is 0 Å². The topological polar surface area (TPSA) is 0 Å². The zero-order chi connectivity index (χ0) is 9.97. The molecular weight excluding hydrogens is 180 g/mol. The van der Waals surface area contributed by atoms with Crippen LogP contribution in [0.2, 0.25) is 0 Å². The quantitative estimate of drug-likeness (QED) is 0.477.